The quantitative estimate of drug-likeness (QED) is 0.665. The Morgan fingerprint density at radius 2 is 1.77 bits per heavy atom. The highest BCUT2D eigenvalue weighted by molar-refractivity contribution is 5.56. The van der Waals surface area contributed by atoms with Gasteiger partial charge in [0.2, 0.25) is 0 Å². The number of ether oxygens (including phenoxy) is 1. The van der Waals surface area contributed by atoms with Crippen LogP contribution in [-0.2, 0) is 6.54 Å². The van der Waals surface area contributed by atoms with Crippen LogP contribution in [0, 0.1) is 6.92 Å². The smallest absolute Gasteiger partial charge is 0.140 e. The van der Waals surface area contributed by atoms with Crippen LogP contribution >= 0.6 is 0 Å². The Hall–Kier alpha value is -2.59. The Kier molecular flexibility index (Phi) is 4.76. The number of nitrogens with zero attached hydrogens (tertiary/aromatic N) is 3. The van der Waals surface area contributed by atoms with Gasteiger partial charge in [-0.2, -0.15) is 0 Å². The Morgan fingerprint density at radius 1 is 1.04 bits per heavy atom. The average Bonchev–Trinajstić information content (AvgIpc) is 3.01. The van der Waals surface area contributed by atoms with E-state index in [-0.39, 0.29) is 0 Å². The highest BCUT2D eigenvalue weighted by atomic mass is 16.5. The van der Waals surface area contributed by atoms with E-state index in [2.05, 4.69) is 63.8 Å². The minimum atomic E-state index is 0.479. The first-order valence-electron chi connectivity index (χ1n) is 9.28. The first kappa shape index (κ1) is 16.9. The number of hydrogen-bond acceptors (Lipinski definition) is 3. The summed E-state index contributed by atoms with van der Waals surface area (Å²) in [5.41, 5.74) is 3.67. The van der Waals surface area contributed by atoms with Crippen molar-refractivity contribution < 1.29 is 4.74 Å². The molecule has 2 heterocycles. The lowest BCUT2D eigenvalue weighted by atomic mass is 10.1. The first-order chi connectivity index (χ1) is 12.8. The minimum absolute atomic E-state index is 0.479. The molecule has 3 aromatic rings. The van der Waals surface area contributed by atoms with Crippen LogP contribution < -0.4 is 4.74 Å². The zero-order chi connectivity index (χ0) is 17.9. The number of benzene rings is 2. The third-order valence-corrected chi connectivity index (χ3v) is 4.98. The van der Waals surface area contributed by atoms with E-state index in [4.69, 9.17) is 4.74 Å². The molecular formula is C22H25N3O. The second kappa shape index (κ2) is 7.34. The van der Waals surface area contributed by atoms with Gasteiger partial charge in [-0.1, -0.05) is 48.5 Å². The van der Waals surface area contributed by atoms with Gasteiger partial charge in [0.1, 0.15) is 11.6 Å². The Bertz CT molecular complexity index is 866. The maximum atomic E-state index is 5.76. The fraction of sp³-hybridized carbons (Fsp3) is 0.318. The van der Waals surface area contributed by atoms with E-state index in [0.717, 1.165) is 31.2 Å². The zero-order valence-corrected chi connectivity index (χ0v) is 15.4. The number of aryl methyl sites for hydroxylation is 1. The predicted molar refractivity (Wildman–Crippen MR) is 104 cm³/mol. The van der Waals surface area contributed by atoms with Crippen LogP contribution in [0.5, 0.6) is 5.75 Å². The molecule has 1 fully saturated rings. The molecule has 1 aliphatic heterocycles. The molecule has 0 N–H and O–H groups in total. The van der Waals surface area contributed by atoms with Crippen molar-refractivity contribution in [1.82, 2.24) is 14.5 Å². The summed E-state index contributed by atoms with van der Waals surface area (Å²) in [5.74, 6) is 2.07. The first-order valence-corrected chi connectivity index (χ1v) is 9.28. The predicted octanol–water partition coefficient (Wildman–Crippen LogP) is 4.31. The van der Waals surface area contributed by atoms with E-state index in [9.17, 15) is 0 Å². The van der Waals surface area contributed by atoms with Gasteiger partial charge in [-0.3, -0.25) is 4.90 Å². The van der Waals surface area contributed by atoms with Crippen LogP contribution in [0.1, 0.15) is 24.2 Å². The summed E-state index contributed by atoms with van der Waals surface area (Å²) in [7, 11) is 0. The van der Waals surface area contributed by atoms with Crippen LogP contribution in [0.4, 0.5) is 0 Å². The molecule has 0 amide bonds. The summed E-state index contributed by atoms with van der Waals surface area (Å²) in [6.45, 7) is 7.89. The lowest BCUT2D eigenvalue weighted by Gasteiger charge is -2.41. The van der Waals surface area contributed by atoms with Crippen LogP contribution in [0.3, 0.4) is 0 Å². The molecule has 0 atom stereocenters. The molecule has 134 valence electrons. The second-order valence-electron chi connectivity index (χ2n) is 6.85. The van der Waals surface area contributed by atoms with Gasteiger partial charge in [0.15, 0.2) is 0 Å². The average molecular weight is 347 g/mol. The van der Waals surface area contributed by atoms with E-state index in [1.807, 2.05) is 25.3 Å². The summed E-state index contributed by atoms with van der Waals surface area (Å²) >= 11 is 0. The molecule has 0 spiro atoms. The summed E-state index contributed by atoms with van der Waals surface area (Å²) in [5, 5.41) is 0. The summed E-state index contributed by atoms with van der Waals surface area (Å²) in [6.07, 6.45) is 1.98. The van der Waals surface area contributed by atoms with Crippen LogP contribution in [0.2, 0.25) is 0 Å². The van der Waals surface area contributed by atoms with Crippen molar-refractivity contribution in [3.8, 4) is 17.1 Å². The molecule has 1 aliphatic rings. The third kappa shape index (κ3) is 3.25. The molecule has 0 bridgehead atoms. The zero-order valence-electron chi connectivity index (χ0n) is 15.4. The van der Waals surface area contributed by atoms with Gasteiger partial charge >= 0.3 is 0 Å². The van der Waals surface area contributed by atoms with Gasteiger partial charge in [-0.25, -0.2) is 4.98 Å². The maximum Gasteiger partial charge on any atom is 0.140 e. The number of aromatic nitrogens is 2. The van der Waals surface area contributed by atoms with Gasteiger partial charge in [0.05, 0.1) is 12.6 Å². The Morgan fingerprint density at radius 3 is 2.54 bits per heavy atom. The van der Waals surface area contributed by atoms with Gasteiger partial charge in [-0.15, -0.1) is 0 Å². The summed E-state index contributed by atoms with van der Waals surface area (Å²) < 4.78 is 8.15. The highest BCUT2D eigenvalue weighted by Gasteiger charge is 2.31. The minimum Gasteiger partial charge on any atom is -0.494 e. The lowest BCUT2D eigenvalue weighted by Crippen LogP contribution is -2.47. The summed E-state index contributed by atoms with van der Waals surface area (Å²) in [6, 6.07) is 19.3. The molecule has 26 heavy (non-hydrogen) atoms. The van der Waals surface area contributed by atoms with Crippen molar-refractivity contribution in [2.24, 2.45) is 0 Å². The molecule has 0 unspecified atom stereocenters. The van der Waals surface area contributed by atoms with Crippen molar-refractivity contribution in [1.29, 1.82) is 0 Å². The van der Waals surface area contributed by atoms with Gasteiger partial charge in [0, 0.05) is 42.7 Å². The van der Waals surface area contributed by atoms with Crippen molar-refractivity contribution >= 4 is 0 Å². The monoisotopic (exact) mass is 347 g/mol. The normalized spacial score (nSPS) is 15.0. The fourth-order valence-corrected chi connectivity index (χ4v) is 3.71. The van der Waals surface area contributed by atoms with E-state index < -0.39 is 0 Å². The lowest BCUT2D eigenvalue weighted by molar-refractivity contribution is 0.0975. The molecular weight excluding hydrogens is 322 g/mol. The molecule has 4 rings (SSSR count). The number of para-hydroxylation sites is 1. The molecule has 4 nitrogen and oxygen atoms in total. The Labute approximate surface area is 155 Å². The van der Waals surface area contributed by atoms with Gasteiger partial charge < -0.3 is 9.30 Å². The van der Waals surface area contributed by atoms with Crippen molar-refractivity contribution in [3.63, 3.8) is 0 Å². The topological polar surface area (TPSA) is 30.3 Å². The molecule has 0 saturated carbocycles. The Balaban J connectivity index is 1.47. The molecule has 4 heteroatoms. The van der Waals surface area contributed by atoms with E-state index in [1.165, 1.54) is 16.8 Å². The molecule has 0 radical (unpaired) electrons. The second-order valence-corrected chi connectivity index (χ2v) is 6.85. The third-order valence-electron chi connectivity index (χ3n) is 4.98. The van der Waals surface area contributed by atoms with E-state index in [1.54, 1.807) is 0 Å². The van der Waals surface area contributed by atoms with Crippen molar-refractivity contribution in [2.75, 3.05) is 19.7 Å². The van der Waals surface area contributed by atoms with Crippen molar-refractivity contribution in [3.05, 3.63) is 72.1 Å². The number of imidazole rings is 1. The van der Waals surface area contributed by atoms with Crippen LogP contribution in [-0.4, -0.2) is 34.1 Å². The molecule has 1 aromatic heterocycles. The maximum absolute atomic E-state index is 5.76. The number of hydrogen-bond donors (Lipinski definition) is 0. The SMILES string of the molecule is CCOc1ccccc1CN1CC(n2c(C)cnc2-c2ccccc2)C1. The van der Waals surface area contributed by atoms with Crippen LogP contribution in [0.15, 0.2) is 60.8 Å². The van der Waals surface area contributed by atoms with Crippen LogP contribution in [0.25, 0.3) is 11.4 Å². The van der Waals surface area contributed by atoms with E-state index in [0.29, 0.717) is 12.6 Å². The molecule has 1 saturated heterocycles. The standard InChI is InChI=1S/C22H25N3O/c1-3-26-21-12-8-7-11-19(21)14-24-15-20(16-24)25-17(2)13-23-22(25)18-9-5-4-6-10-18/h4-13,20H,3,14-16H2,1-2H3. The number of likely N-dealkylation sites (tertiary alicyclic amines) is 1. The fourth-order valence-electron chi connectivity index (χ4n) is 3.71. The van der Waals surface area contributed by atoms with E-state index >= 15 is 0 Å². The number of rotatable bonds is 6. The summed E-state index contributed by atoms with van der Waals surface area (Å²) in [4.78, 5) is 7.13. The highest BCUT2D eigenvalue weighted by Crippen LogP contribution is 2.31. The van der Waals surface area contributed by atoms with Crippen molar-refractivity contribution in [2.45, 2.75) is 26.4 Å². The molecule has 2 aromatic carbocycles. The largest absolute Gasteiger partial charge is 0.494 e. The van der Waals surface area contributed by atoms with Gasteiger partial charge in [-0.05, 0) is 19.9 Å². The molecule has 0 aliphatic carbocycles. The van der Waals surface area contributed by atoms with Gasteiger partial charge in [0.25, 0.3) is 0 Å².